The van der Waals surface area contributed by atoms with E-state index < -0.39 is 5.54 Å². The summed E-state index contributed by atoms with van der Waals surface area (Å²) in [6.45, 7) is 4.99. The van der Waals surface area contributed by atoms with Crippen LogP contribution in [0.4, 0.5) is 0 Å². The van der Waals surface area contributed by atoms with Crippen molar-refractivity contribution in [3.8, 4) is 12.3 Å². The lowest BCUT2D eigenvalue weighted by Gasteiger charge is -2.30. The Bertz CT molecular complexity index is 274. The summed E-state index contributed by atoms with van der Waals surface area (Å²) in [5.41, 5.74) is -0.522. The molecule has 0 aromatic carbocycles. The summed E-state index contributed by atoms with van der Waals surface area (Å²) < 4.78 is 0. The van der Waals surface area contributed by atoms with Crippen LogP contribution in [0.2, 0.25) is 0 Å². The second-order valence-electron chi connectivity index (χ2n) is 4.71. The zero-order valence-electron chi connectivity index (χ0n) is 9.84. The van der Waals surface area contributed by atoms with E-state index in [0.29, 0.717) is 12.5 Å². The first kappa shape index (κ1) is 12.1. The Hall–Kier alpha value is -1.01. The molecule has 0 unspecified atom stereocenters. The van der Waals surface area contributed by atoms with Gasteiger partial charge in [-0.15, -0.1) is 6.42 Å². The normalized spacial score (nSPS) is 15.9. The minimum absolute atomic E-state index is 0.0925. The molecule has 84 valence electrons. The number of nitrogens with one attached hydrogen (secondary N) is 1. The van der Waals surface area contributed by atoms with Gasteiger partial charge in [0.2, 0.25) is 5.91 Å². The summed E-state index contributed by atoms with van der Waals surface area (Å²) in [4.78, 5) is 13.9. The first-order valence-corrected chi connectivity index (χ1v) is 5.43. The van der Waals surface area contributed by atoms with E-state index in [1.165, 1.54) is 12.8 Å². The van der Waals surface area contributed by atoms with Gasteiger partial charge in [-0.3, -0.25) is 4.79 Å². The van der Waals surface area contributed by atoms with Gasteiger partial charge in [0.05, 0.1) is 12.1 Å². The molecule has 1 amide bonds. The van der Waals surface area contributed by atoms with Crippen molar-refractivity contribution < 1.29 is 4.79 Å². The number of terminal acetylenes is 1. The number of amides is 1. The highest BCUT2D eigenvalue weighted by Crippen LogP contribution is 2.30. The molecular weight excluding hydrogens is 188 g/mol. The summed E-state index contributed by atoms with van der Waals surface area (Å²) in [7, 11) is 1.79. The van der Waals surface area contributed by atoms with E-state index in [9.17, 15) is 4.79 Å². The van der Waals surface area contributed by atoms with Crippen LogP contribution in [-0.4, -0.2) is 36.5 Å². The fourth-order valence-corrected chi connectivity index (χ4v) is 1.44. The summed E-state index contributed by atoms with van der Waals surface area (Å²) in [5.74, 6) is 3.32. The first-order valence-electron chi connectivity index (χ1n) is 5.43. The monoisotopic (exact) mass is 208 g/mol. The molecule has 0 radical (unpaired) electrons. The van der Waals surface area contributed by atoms with Crippen LogP contribution in [0.25, 0.3) is 0 Å². The van der Waals surface area contributed by atoms with Crippen LogP contribution in [0.3, 0.4) is 0 Å². The molecule has 3 heteroatoms. The molecule has 15 heavy (non-hydrogen) atoms. The van der Waals surface area contributed by atoms with Gasteiger partial charge < -0.3 is 10.2 Å². The van der Waals surface area contributed by atoms with Gasteiger partial charge in [-0.2, -0.15) is 0 Å². The molecule has 0 aromatic heterocycles. The molecule has 0 bridgehead atoms. The minimum Gasteiger partial charge on any atom is -0.330 e. The van der Waals surface area contributed by atoms with Crippen LogP contribution in [0, 0.1) is 18.3 Å². The molecule has 1 rings (SSSR count). The van der Waals surface area contributed by atoms with E-state index in [0.717, 1.165) is 6.54 Å². The van der Waals surface area contributed by atoms with E-state index in [2.05, 4.69) is 11.2 Å². The molecule has 0 aliphatic heterocycles. The summed E-state index contributed by atoms with van der Waals surface area (Å²) >= 11 is 0. The lowest BCUT2D eigenvalue weighted by atomic mass is 10.0. The number of hydrogen-bond acceptors (Lipinski definition) is 2. The van der Waals surface area contributed by atoms with Crippen LogP contribution >= 0.6 is 0 Å². The highest BCUT2D eigenvalue weighted by atomic mass is 16.2. The highest BCUT2D eigenvalue weighted by Gasteiger charge is 2.33. The van der Waals surface area contributed by atoms with Gasteiger partial charge in [-0.25, -0.2) is 0 Å². The standard InChI is InChI=1S/C12H20N2O/c1-5-8-14(9-10-6-7-10)11(15)12(2,3)13-4/h1,10,13H,6-9H2,2-4H3. The lowest BCUT2D eigenvalue weighted by molar-refractivity contribution is -0.136. The van der Waals surface area contributed by atoms with Gasteiger partial charge in [-0.1, -0.05) is 5.92 Å². The molecule has 1 N–H and O–H groups in total. The Morgan fingerprint density at radius 1 is 1.60 bits per heavy atom. The largest absolute Gasteiger partial charge is 0.330 e. The molecule has 1 saturated carbocycles. The van der Waals surface area contributed by atoms with Crippen molar-refractivity contribution in [3.63, 3.8) is 0 Å². The van der Waals surface area contributed by atoms with Crippen LogP contribution in [0.1, 0.15) is 26.7 Å². The average molecular weight is 208 g/mol. The van der Waals surface area contributed by atoms with E-state index in [1.807, 2.05) is 13.8 Å². The van der Waals surface area contributed by atoms with Crippen LogP contribution in [0.15, 0.2) is 0 Å². The molecule has 0 saturated heterocycles. The van der Waals surface area contributed by atoms with Gasteiger partial charge in [0.15, 0.2) is 0 Å². The SMILES string of the molecule is C#CCN(CC1CC1)C(=O)C(C)(C)NC. The topological polar surface area (TPSA) is 32.3 Å². The molecule has 1 aliphatic carbocycles. The Labute approximate surface area is 92.2 Å². The third-order valence-corrected chi connectivity index (χ3v) is 2.90. The van der Waals surface area contributed by atoms with Gasteiger partial charge in [-0.05, 0) is 39.7 Å². The fraction of sp³-hybridized carbons (Fsp3) is 0.750. The number of likely N-dealkylation sites (N-methyl/N-ethyl adjacent to an activating group) is 1. The summed E-state index contributed by atoms with van der Waals surface area (Å²) in [6, 6.07) is 0. The Morgan fingerprint density at radius 3 is 2.60 bits per heavy atom. The molecule has 0 spiro atoms. The van der Waals surface area contributed by atoms with Crippen LogP contribution < -0.4 is 5.32 Å². The molecule has 1 aliphatic rings. The van der Waals surface area contributed by atoms with Gasteiger partial charge >= 0.3 is 0 Å². The maximum absolute atomic E-state index is 12.1. The van der Waals surface area contributed by atoms with Crippen LogP contribution in [0.5, 0.6) is 0 Å². The number of nitrogens with zero attached hydrogens (tertiary/aromatic N) is 1. The molecule has 0 aromatic rings. The van der Waals surface area contributed by atoms with E-state index in [1.54, 1.807) is 11.9 Å². The van der Waals surface area contributed by atoms with Gasteiger partial charge in [0.1, 0.15) is 0 Å². The molecule has 0 heterocycles. The molecule has 0 atom stereocenters. The van der Waals surface area contributed by atoms with Crippen LogP contribution in [-0.2, 0) is 4.79 Å². The Balaban J connectivity index is 2.61. The summed E-state index contributed by atoms with van der Waals surface area (Å²) in [5, 5.41) is 3.01. The zero-order valence-corrected chi connectivity index (χ0v) is 9.84. The van der Waals surface area contributed by atoms with Crippen molar-refractivity contribution >= 4 is 5.91 Å². The minimum atomic E-state index is -0.522. The second-order valence-corrected chi connectivity index (χ2v) is 4.71. The van der Waals surface area contributed by atoms with E-state index in [-0.39, 0.29) is 5.91 Å². The highest BCUT2D eigenvalue weighted by molar-refractivity contribution is 5.85. The maximum Gasteiger partial charge on any atom is 0.243 e. The molecule has 1 fully saturated rings. The zero-order chi connectivity index (χ0) is 11.5. The van der Waals surface area contributed by atoms with Crippen molar-refractivity contribution in [3.05, 3.63) is 0 Å². The number of carbonyl (C=O) groups excluding carboxylic acids is 1. The van der Waals surface area contributed by atoms with Crippen molar-refractivity contribution in [1.82, 2.24) is 10.2 Å². The van der Waals surface area contributed by atoms with Gasteiger partial charge in [0.25, 0.3) is 0 Å². The van der Waals surface area contributed by atoms with Gasteiger partial charge in [0, 0.05) is 6.54 Å². The number of hydrogen-bond donors (Lipinski definition) is 1. The fourth-order valence-electron chi connectivity index (χ4n) is 1.44. The molecular formula is C12H20N2O. The predicted molar refractivity (Wildman–Crippen MR) is 61.3 cm³/mol. The quantitative estimate of drug-likeness (QED) is 0.680. The third-order valence-electron chi connectivity index (χ3n) is 2.90. The molecule has 3 nitrogen and oxygen atoms in total. The lowest BCUT2D eigenvalue weighted by Crippen LogP contribution is -2.53. The number of rotatable bonds is 5. The second kappa shape index (κ2) is 4.67. The predicted octanol–water partition coefficient (Wildman–Crippen LogP) is 0.856. The third kappa shape index (κ3) is 3.24. The Morgan fingerprint density at radius 2 is 2.20 bits per heavy atom. The van der Waals surface area contributed by atoms with E-state index in [4.69, 9.17) is 6.42 Å². The first-order chi connectivity index (χ1) is 7.01. The average Bonchev–Trinajstić information content (AvgIpc) is 3.00. The van der Waals surface area contributed by atoms with Crippen molar-refractivity contribution in [1.29, 1.82) is 0 Å². The maximum atomic E-state index is 12.1. The smallest absolute Gasteiger partial charge is 0.243 e. The summed E-state index contributed by atoms with van der Waals surface area (Å²) in [6.07, 6.45) is 7.74. The van der Waals surface area contributed by atoms with Crippen molar-refractivity contribution in [2.75, 3.05) is 20.1 Å². The van der Waals surface area contributed by atoms with E-state index >= 15 is 0 Å². The number of carbonyl (C=O) groups is 1. The van der Waals surface area contributed by atoms with Crippen molar-refractivity contribution in [2.45, 2.75) is 32.2 Å². The van der Waals surface area contributed by atoms with Crippen molar-refractivity contribution in [2.24, 2.45) is 5.92 Å². The Kier molecular flexibility index (Phi) is 3.76.